The Balaban J connectivity index is 1.29. The van der Waals surface area contributed by atoms with E-state index in [0.29, 0.717) is 12.7 Å². The van der Waals surface area contributed by atoms with Gasteiger partial charge in [-0.1, -0.05) is 12.1 Å². The quantitative estimate of drug-likeness (QED) is 0.717. The topological polar surface area (TPSA) is 42.7 Å². The SMILES string of the molecule is Cc1cccn2cc(CN3CCC(OCc4ccccn4)CC3)nc12. The van der Waals surface area contributed by atoms with Gasteiger partial charge in [-0.3, -0.25) is 9.88 Å². The number of aromatic nitrogens is 3. The van der Waals surface area contributed by atoms with Crippen LogP contribution in [0.5, 0.6) is 0 Å². The van der Waals surface area contributed by atoms with Crippen molar-refractivity contribution in [3.63, 3.8) is 0 Å². The molecule has 0 aliphatic carbocycles. The van der Waals surface area contributed by atoms with Gasteiger partial charge in [-0.25, -0.2) is 4.98 Å². The van der Waals surface area contributed by atoms with Crippen molar-refractivity contribution in [2.75, 3.05) is 13.1 Å². The maximum Gasteiger partial charge on any atom is 0.139 e. The zero-order valence-electron chi connectivity index (χ0n) is 14.6. The van der Waals surface area contributed by atoms with Gasteiger partial charge in [-0.05, 0) is 43.5 Å². The smallest absolute Gasteiger partial charge is 0.139 e. The molecule has 0 atom stereocenters. The molecule has 4 rings (SSSR count). The number of ether oxygens (including phenoxy) is 1. The second kappa shape index (κ2) is 7.33. The molecule has 0 bridgehead atoms. The van der Waals surface area contributed by atoms with E-state index in [1.807, 2.05) is 24.4 Å². The second-order valence-corrected chi connectivity index (χ2v) is 6.76. The van der Waals surface area contributed by atoms with Crippen LogP contribution in [0.15, 0.2) is 48.9 Å². The third kappa shape index (κ3) is 3.89. The Morgan fingerprint density at radius 3 is 2.76 bits per heavy atom. The van der Waals surface area contributed by atoms with Gasteiger partial charge in [0.2, 0.25) is 0 Å². The number of imidazole rings is 1. The summed E-state index contributed by atoms with van der Waals surface area (Å²) in [5.74, 6) is 0. The molecule has 0 spiro atoms. The molecular weight excluding hydrogens is 312 g/mol. The van der Waals surface area contributed by atoms with Gasteiger partial charge in [0.1, 0.15) is 5.65 Å². The molecule has 3 aromatic rings. The van der Waals surface area contributed by atoms with Crippen LogP contribution in [0, 0.1) is 6.92 Å². The summed E-state index contributed by atoms with van der Waals surface area (Å²) in [7, 11) is 0. The lowest BCUT2D eigenvalue weighted by Crippen LogP contribution is -2.36. The number of aryl methyl sites for hydroxylation is 1. The Bertz CT molecular complexity index is 822. The summed E-state index contributed by atoms with van der Waals surface area (Å²) >= 11 is 0. The Hall–Kier alpha value is -2.24. The monoisotopic (exact) mass is 336 g/mol. The number of likely N-dealkylation sites (tertiary alicyclic amines) is 1. The minimum Gasteiger partial charge on any atom is -0.372 e. The maximum atomic E-state index is 6.02. The lowest BCUT2D eigenvalue weighted by molar-refractivity contribution is -0.00540. The van der Waals surface area contributed by atoms with Crippen molar-refractivity contribution < 1.29 is 4.74 Å². The van der Waals surface area contributed by atoms with Crippen LogP contribution >= 0.6 is 0 Å². The number of pyridine rings is 2. The fourth-order valence-electron chi connectivity index (χ4n) is 3.43. The van der Waals surface area contributed by atoms with Gasteiger partial charge >= 0.3 is 0 Å². The Morgan fingerprint density at radius 2 is 2.00 bits per heavy atom. The van der Waals surface area contributed by atoms with E-state index < -0.39 is 0 Å². The molecule has 25 heavy (non-hydrogen) atoms. The maximum absolute atomic E-state index is 6.02. The van der Waals surface area contributed by atoms with Crippen molar-refractivity contribution in [2.45, 2.75) is 39.0 Å². The molecular formula is C20H24N4O. The summed E-state index contributed by atoms with van der Waals surface area (Å²) in [6.07, 6.45) is 8.50. The summed E-state index contributed by atoms with van der Waals surface area (Å²) in [6.45, 7) is 5.74. The van der Waals surface area contributed by atoms with Gasteiger partial charge in [-0.15, -0.1) is 0 Å². The van der Waals surface area contributed by atoms with E-state index in [4.69, 9.17) is 9.72 Å². The first-order chi connectivity index (χ1) is 12.3. The molecule has 0 aromatic carbocycles. The van der Waals surface area contributed by atoms with E-state index in [1.54, 1.807) is 0 Å². The first kappa shape index (κ1) is 16.2. The molecule has 5 nitrogen and oxygen atoms in total. The number of hydrogen-bond donors (Lipinski definition) is 0. The molecule has 130 valence electrons. The van der Waals surface area contributed by atoms with Crippen LogP contribution in [0.4, 0.5) is 0 Å². The van der Waals surface area contributed by atoms with Crippen molar-refractivity contribution in [3.8, 4) is 0 Å². The Labute approximate surface area is 148 Å². The normalized spacial score (nSPS) is 16.5. The fourth-order valence-corrected chi connectivity index (χ4v) is 3.43. The first-order valence-corrected chi connectivity index (χ1v) is 8.95. The minimum atomic E-state index is 0.335. The number of hydrogen-bond acceptors (Lipinski definition) is 4. The molecule has 5 heteroatoms. The van der Waals surface area contributed by atoms with E-state index in [2.05, 4.69) is 45.7 Å². The lowest BCUT2D eigenvalue weighted by Gasteiger charge is -2.31. The van der Waals surface area contributed by atoms with E-state index in [1.165, 1.54) is 5.56 Å². The third-order valence-corrected chi connectivity index (χ3v) is 4.84. The summed E-state index contributed by atoms with van der Waals surface area (Å²) in [4.78, 5) is 11.6. The summed E-state index contributed by atoms with van der Waals surface area (Å²) in [6, 6.07) is 10.1. The largest absolute Gasteiger partial charge is 0.372 e. The van der Waals surface area contributed by atoms with Crippen molar-refractivity contribution in [1.29, 1.82) is 0 Å². The van der Waals surface area contributed by atoms with Crippen LogP contribution in [0.3, 0.4) is 0 Å². The summed E-state index contributed by atoms with van der Waals surface area (Å²) in [5.41, 5.74) is 4.42. The van der Waals surface area contributed by atoms with Crippen LogP contribution in [0.1, 0.15) is 29.8 Å². The summed E-state index contributed by atoms with van der Waals surface area (Å²) < 4.78 is 8.14. The average molecular weight is 336 g/mol. The van der Waals surface area contributed by atoms with Crippen molar-refractivity contribution in [1.82, 2.24) is 19.3 Å². The van der Waals surface area contributed by atoms with Crippen molar-refractivity contribution in [3.05, 3.63) is 65.9 Å². The number of fused-ring (bicyclic) bond motifs is 1. The highest BCUT2D eigenvalue weighted by Crippen LogP contribution is 2.18. The molecule has 0 saturated carbocycles. The minimum absolute atomic E-state index is 0.335. The molecule has 0 unspecified atom stereocenters. The lowest BCUT2D eigenvalue weighted by atomic mass is 10.1. The van der Waals surface area contributed by atoms with Gasteiger partial charge in [0.05, 0.1) is 24.1 Å². The molecule has 0 radical (unpaired) electrons. The van der Waals surface area contributed by atoms with Crippen LogP contribution < -0.4 is 0 Å². The first-order valence-electron chi connectivity index (χ1n) is 8.95. The highest BCUT2D eigenvalue weighted by Gasteiger charge is 2.20. The predicted molar refractivity (Wildman–Crippen MR) is 97.3 cm³/mol. The van der Waals surface area contributed by atoms with Gasteiger partial charge in [-0.2, -0.15) is 0 Å². The molecule has 0 N–H and O–H groups in total. The standard InChI is InChI=1S/C20H24N4O/c1-16-5-4-10-24-14-18(22-20(16)24)13-23-11-7-19(8-12-23)25-15-17-6-2-3-9-21-17/h2-6,9-10,14,19H,7-8,11-13,15H2,1H3. The predicted octanol–water partition coefficient (Wildman–Crippen LogP) is 3.22. The number of piperidine rings is 1. The zero-order chi connectivity index (χ0) is 17.1. The number of rotatable bonds is 5. The van der Waals surface area contributed by atoms with E-state index >= 15 is 0 Å². The van der Waals surface area contributed by atoms with E-state index in [0.717, 1.165) is 49.5 Å². The van der Waals surface area contributed by atoms with Crippen LogP contribution in [0.2, 0.25) is 0 Å². The van der Waals surface area contributed by atoms with E-state index in [-0.39, 0.29) is 0 Å². The Kier molecular flexibility index (Phi) is 4.76. The molecule has 0 amide bonds. The number of nitrogens with zero attached hydrogens (tertiary/aromatic N) is 4. The molecule has 3 aromatic heterocycles. The van der Waals surface area contributed by atoms with Gasteiger partial charge in [0, 0.05) is 38.2 Å². The molecule has 1 aliphatic heterocycles. The third-order valence-electron chi connectivity index (χ3n) is 4.84. The average Bonchev–Trinajstić information content (AvgIpc) is 3.06. The van der Waals surface area contributed by atoms with Crippen molar-refractivity contribution in [2.24, 2.45) is 0 Å². The van der Waals surface area contributed by atoms with Gasteiger partial charge in [0.15, 0.2) is 0 Å². The highest BCUT2D eigenvalue weighted by atomic mass is 16.5. The Morgan fingerprint density at radius 1 is 1.12 bits per heavy atom. The molecule has 1 saturated heterocycles. The second-order valence-electron chi connectivity index (χ2n) is 6.76. The highest BCUT2D eigenvalue weighted by molar-refractivity contribution is 5.47. The van der Waals surface area contributed by atoms with Gasteiger partial charge < -0.3 is 9.14 Å². The van der Waals surface area contributed by atoms with Crippen LogP contribution in [-0.2, 0) is 17.9 Å². The van der Waals surface area contributed by atoms with Crippen LogP contribution in [0.25, 0.3) is 5.65 Å². The molecule has 1 fully saturated rings. The van der Waals surface area contributed by atoms with E-state index in [9.17, 15) is 0 Å². The zero-order valence-corrected chi connectivity index (χ0v) is 14.6. The van der Waals surface area contributed by atoms with Crippen molar-refractivity contribution >= 4 is 5.65 Å². The summed E-state index contributed by atoms with van der Waals surface area (Å²) in [5, 5.41) is 0. The van der Waals surface area contributed by atoms with Gasteiger partial charge in [0.25, 0.3) is 0 Å². The molecule has 4 heterocycles. The fraction of sp³-hybridized carbons (Fsp3) is 0.400. The van der Waals surface area contributed by atoms with Crippen LogP contribution in [-0.4, -0.2) is 38.5 Å². The molecule has 1 aliphatic rings.